The predicted octanol–water partition coefficient (Wildman–Crippen LogP) is 4.73. The molecule has 0 atom stereocenters. The molecule has 2 aromatic rings. The van der Waals surface area contributed by atoms with Gasteiger partial charge in [0.15, 0.2) is 0 Å². The van der Waals surface area contributed by atoms with E-state index in [2.05, 4.69) is 5.32 Å². The maximum absolute atomic E-state index is 12.2. The Morgan fingerprint density at radius 1 is 1.09 bits per heavy atom. The van der Waals surface area contributed by atoms with E-state index >= 15 is 0 Å². The summed E-state index contributed by atoms with van der Waals surface area (Å²) in [6.07, 6.45) is 1.66. The van der Waals surface area contributed by atoms with Crippen LogP contribution in [0.15, 0.2) is 48.0 Å². The molecule has 2 N–H and O–H groups in total. The number of carboxylic acids is 1. The van der Waals surface area contributed by atoms with E-state index in [1.807, 2.05) is 6.07 Å². The number of carbonyl (C=O) groups excluding carboxylic acids is 1. The number of carbonyl (C=O) groups is 2. The third-order valence-electron chi connectivity index (χ3n) is 3.05. The summed E-state index contributed by atoms with van der Waals surface area (Å²) in [5.74, 6) is -1.57. The van der Waals surface area contributed by atoms with Gasteiger partial charge in [0.25, 0.3) is 5.91 Å². The quantitative estimate of drug-likeness (QED) is 0.783. The number of amides is 1. The molecule has 0 aliphatic rings. The fourth-order valence-corrected chi connectivity index (χ4v) is 2.31. The fraction of sp³-hybridized carbons (Fsp3) is 0.0588. The molecule has 0 aliphatic heterocycles. The van der Waals surface area contributed by atoms with E-state index in [9.17, 15) is 9.59 Å². The lowest BCUT2D eigenvalue weighted by Gasteiger charge is -2.09. The van der Waals surface area contributed by atoms with Gasteiger partial charge in [-0.3, -0.25) is 4.79 Å². The van der Waals surface area contributed by atoms with Crippen molar-refractivity contribution in [2.24, 2.45) is 0 Å². The number of anilines is 1. The molecule has 0 unspecified atom stereocenters. The van der Waals surface area contributed by atoms with E-state index in [1.54, 1.807) is 31.2 Å². The summed E-state index contributed by atoms with van der Waals surface area (Å²) >= 11 is 11.7. The molecular weight excluding hydrogens is 337 g/mol. The molecular formula is C17H13Cl2NO3. The summed E-state index contributed by atoms with van der Waals surface area (Å²) in [6.45, 7) is 1.63. The van der Waals surface area contributed by atoms with Gasteiger partial charge in [-0.15, -0.1) is 0 Å². The Kier molecular flexibility index (Phi) is 5.42. The second-order valence-corrected chi connectivity index (χ2v) is 5.70. The normalized spacial score (nSPS) is 11.2. The molecule has 0 fully saturated rings. The summed E-state index contributed by atoms with van der Waals surface area (Å²) in [6, 6.07) is 11.3. The Morgan fingerprint density at radius 2 is 1.78 bits per heavy atom. The molecule has 0 bridgehead atoms. The molecule has 23 heavy (non-hydrogen) atoms. The first-order valence-electron chi connectivity index (χ1n) is 6.65. The highest BCUT2D eigenvalue weighted by Gasteiger charge is 2.14. The van der Waals surface area contributed by atoms with Crippen LogP contribution >= 0.6 is 23.2 Å². The van der Waals surface area contributed by atoms with Crippen molar-refractivity contribution in [3.05, 3.63) is 69.2 Å². The second kappa shape index (κ2) is 7.31. The summed E-state index contributed by atoms with van der Waals surface area (Å²) in [5, 5.41) is 12.6. The van der Waals surface area contributed by atoms with Crippen LogP contribution in [-0.2, 0) is 4.79 Å². The summed E-state index contributed by atoms with van der Waals surface area (Å²) in [5.41, 5.74) is 1.31. The molecule has 2 aromatic carbocycles. The maximum atomic E-state index is 12.2. The SMILES string of the molecule is C/C(=C\c1cccc(Cl)c1)C(=O)Nc1ccc(Cl)cc1C(=O)O. The van der Waals surface area contributed by atoms with Crippen LogP contribution in [0.4, 0.5) is 5.69 Å². The zero-order valence-electron chi connectivity index (χ0n) is 12.1. The lowest BCUT2D eigenvalue weighted by atomic mass is 10.1. The number of hydrogen-bond donors (Lipinski definition) is 2. The molecule has 0 saturated heterocycles. The Labute approximate surface area is 143 Å². The van der Waals surface area contributed by atoms with Gasteiger partial charge in [-0.25, -0.2) is 4.79 Å². The van der Waals surface area contributed by atoms with Crippen LogP contribution in [0.25, 0.3) is 6.08 Å². The van der Waals surface area contributed by atoms with Crippen molar-refractivity contribution in [1.82, 2.24) is 0 Å². The number of carboxylic acid groups (broad SMARTS) is 1. The molecule has 0 spiro atoms. The average molecular weight is 350 g/mol. The molecule has 6 heteroatoms. The van der Waals surface area contributed by atoms with Crippen molar-refractivity contribution in [3.8, 4) is 0 Å². The van der Waals surface area contributed by atoms with Crippen molar-refractivity contribution in [2.75, 3.05) is 5.32 Å². The van der Waals surface area contributed by atoms with E-state index < -0.39 is 11.9 Å². The molecule has 4 nitrogen and oxygen atoms in total. The van der Waals surface area contributed by atoms with Crippen LogP contribution < -0.4 is 5.32 Å². The second-order valence-electron chi connectivity index (χ2n) is 4.83. The molecule has 118 valence electrons. The van der Waals surface area contributed by atoms with Crippen LogP contribution in [0.2, 0.25) is 10.0 Å². The lowest BCUT2D eigenvalue weighted by Crippen LogP contribution is -2.15. The van der Waals surface area contributed by atoms with Crippen LogP contribution in [-0.4, -0.2) is 17.0 Å². The zero-order valence-corrected chi connectivity index (χ0v) is 13.7. The Balaban J connectivity index is 2.23. The van der Waals surface area contributed by atoms with E-state index in [0.29, 0.717) is 10.6 Å². The third kappa shape index (κ3) is 4.58. The van der Waals surface area contributed by atoms with Gasteiger partial charge in [-0.1, -0.05) is 35.3 Å². The van der Waals surface area contributed by atoms with Crippen molar-refractivity contribution in [2.45, 2.75) is 6.92 Å². The van der Waals surface area contributed by atoms with Crippen molar-refractivity contribution in [1.29, 1.82) is 0 Å². The summed E-state index contributed by atoms with van der Waals surface area (Å²) in [7, 11) is 0. The van der Waals surface area contributed by atoms with Crippen LogP contribution in [0, 0.1) is 0 Å². The highest BCUT2D eigenvalue weighted by atomic mass is 35.5. The largest absolute Gasteiger partial charge is 0.478 e. The van der Waals surface area contributed by atoms with Crippen LogP contribution in [0.5, 0.6) is 0 Å². The van der Waals surface area contributed by atoms with Crippen LogP contribution in [0.3, 0.4) is 0 Å². The Morgan fingerprint density at radius 3 is 2.43 bits per heavy atom. The Hall–Kier alpha value is -2.30. The smallest absolute Gasteiger partial charge is 0.337 e. The summed E-state index contributed by atoms with van der Waals surface area (Å²) in [4.78, 5) is 23.4. The van der Waals surface area contributed by atoms with E-state index in [4.69, 9.17) is 28.3 Å². The topological polar surface area (TPSA) is 66.4 Å². The van der Waals surface area contributed by atoms with Gasteiger partial charge >= 0.3 is 5.97 Å². The van der Waals surface area contributed by atoms with Gasteiger partial charge in [0.1, 0.15) is 0 Å². The number of halogens is 2. The minimum absolute atomic E-state index is 0.0681. The van der Waals surface area contributed by atoms with Gasteiger partial charge in [-0.05, 0) is 48.9 Å². The van der Waals surface area contributed by atoms with Crippen molar-refractivity contribution in [3.63, 3.8) is 0 Å². The first kappa shape index (κ1) is 17.1. The van der Waals surface area contributed by atoms with Crippen molar-refractivity contribution < 1.29 is 14.7 Å². The van der Waals surface area contributed by atoms with E-state index in [-0.39, 0.29) is 16.3 Å². The number of aromatic carboxylic acids is 1. The summed E-state index contributed by atoms with van der Waals surface area (Å²) < 4.78 is 0. The first-order valence-corrected chi connectivity index (χ1v) is 7.40. The van der Waals surface area contributed by atoms with Crippen molar-refractivity contribution >= 4 is 46.8 Å². The Bertz CT molecular complexity index is 800. The maximum Gasteiger partial charge on any atom is 0.337 e. The number of benzene rings is 2. The highest BCUT2D eigenvalue weighted by molar-refractivity contribution is 6.31. The predicted molar refractivity (Wildman–Crippen MR) is 92.1 cm³/mol. The monoisotopic (exact) mass is 349 g/mol. The van der Waals surface area contributed by atoms with Gasteiger partial charge in [0, 0.05) is 15.6 Å². The standard InChI is InChI=1S/C17H13Cl2NO3/c1-10(7-11-3-2-4-12(18)8-11)16(21)20-15-6-5-13(19)9-14(15)17(22)23/h2-9H,1H3,(H,20,21)(H,22,23)/b10-7+. The van der Waals surface area contributed by atoms with E-state index in [0.717, 1.165) is 5.56 Å². The molecule has 0 heterocycles. The molecule has 0 radical (unpaired) electrons. The van der Waals surface area contributed by atoms with Gasteiger partial charge in [0.05, 0.1) is 11.3 Å². The van der Waals surface area contributed by atoms with Gasteiger partial charge < -0.3 is 10.4 Å². The first-order chi connectivity index (χ1) is 10.9. The lowest BCUT2D eigenvalue weighted by molar-refractivity contribution is -0.112. The molecule has 2 rings (SSSR count). The minimum Gasteiger partial charge on any atom is -0.478 e. The minimum atomic E-state index is -1.17. The highest BCUT2D eigenvalue weighted by Crippen LogP contribution is 2.22. The molecule has 0 saturated carbocycles. The molecule has 1 amide bonds. The third-order valence-corrected chi connectivity index (χ3v) is 3.52. The van der Waals surface area contributed by atoms with E-state index in [1.165, 1.54) is 18.2 Å². The zero-order chi connectivity index (χ0) is 17.0. The molecule has 0 aliphatic carbocycles. The number of rotatable bonds is 4. The average Bonchev–Trinajstić information content (AvgIpc) is 2.48. The van der Waals surface area contributed by atoms with Gasteiger partial charge in [0.2, 0.25) is 0 Å². The molecule has 0 aromatic heterocycles. The number of hydrogen-bond acceptors (Lipinski definition) is 2. The number of nitrogens with one attached hydrogen (secondary N) is 1. The van der Waals surface area contributed by atoms with Gasteiger partial charge in [-0.2, -0.15) is 0 Å². The van der Waals surface area contributed by atoms with Crippen LogP contribution in [0.1, 0.15) is 22.8 Å². The fourth-order valence-electron chi connectivity index (χ4n) is 1.94.